The van der Waals surface area contributed by atoms with E-state index in [0.29, 0.717) is 0 Å². The van der Waals surface area contributed by atoms with E-state index in [0.717, 1.165) is 0 Å². The van der Waals surface area contributed by atoms with Crippen LogP contribution in [-0.4, -0.2) is 34.3 Å². The van der Waals surface area contributed by atoms with Crippen LogP contribution in [0.4, 0.5) is 5.69 Å². The van der Waals surface area contributed by atoms with Crippen molar-refractivity contribution < 1.29 is 19.4 Å². The van der Waals surface area contributed by atoms with E-state index < -0.39 is 11.9 Å². The SMILES string of the molecule is COc1cccc(Cl)c1C(=O)Nc1cn[nH]c1C(=O)O. The molecule has 0 aliphatic carbocycles. The summed E-state index contributed by atoms with van der Waals surface area (Å²) in [4.78, 5) is 23.1. The van der Waals surface area contributed by atoms with Crippen molar-refractivity contribution in [1.29, 1.82) is 0 Å². The van der Waals surface area contributed by atoms with Crippen molar-refractivity contribution >= 4 is 29.2 Å². The molecule has 20 heavy (non-hydrogen) atoms. The number of amides is 1. The number of hydrogen-bond acceptors (Lipinski definition) is 4. The molecule has 0 fully saturated rings. The van der Waals surface area contributed by atoms with Gasteiger partial charge in [0.25, 0.3) is 5.91 Å². The first-order valence-corrected chi connectivity index (χ1v) is 5.83. The zero-order valence-corrected chi connectivity index (χ0v) is 11.1. The van der Waals surface area contributed by atoms with Crippen LogP contribution >= 0.6 is 11.6 Å². The fourth-order valence-electron chi connectivity index (χ4n) is 1.62. The maximum atomic E-state index is 12.2. The standard InChI is InChI=1S/C12H10ClN3O4/c1-20-8-4-2-3-6(13)9(8)11(17)15-7-5-14-16-10(7)12(18)19/h2-5H,1H3,(H,14,16)(H,15,17)(H,18,19). The van der Waals surface area contributed by atoms with Crippen molar-refractivity contribution in [1.82, 2.24) is 10.2 Å². The maximum Gasteiger partial charge on any atom is 0.356 e. The number of carbonyl (C=O) groups is 2. The molecule has 0 aliphatic heterocycles. The molecule has 7 nitrogen and oxygen atoms in total. The van der Waals surface area contributed by atoms with E-state index in [1.54, 1.807) is 12.1 Å². The first-order valence-electron chi connectivity index (χ1n) is 5.45. The highest BCUT2D eigenvalue weighted by atomic mass is 35.5. The normalized spacial score (nSPS) is 10.1. The molecule has 0 unspecified atom stereocenters. The Morgan fingerprint density at radius 2 is 2.20 bits per heavy atom. The minimum atomic E-state index is -1.23. The van der Waals surface area contributed by atoms with E-state index in [-0.39, 0.29) is 27.7 Å². The van der Waals surface area contributed by atoms with Gasteiger partial charge in [-0.2, -0.15) is 5.10 Å². The van der Waals surface area contributed by atoms with E-state index in [2.05, 4.69) is 15.5 Å². The van der Waals surface area contributed by atoms with E-state index in [1.807, 2.05) is 0 Å². The Labute approximate surface area is 118 Å². The summed E-state index contributed by atoms with van der Waals surface area (Å²) in [5.74, 6) is -1.53. The molecule has 3 N–H and O–H groups in total. The third kappa shape index (κ3) is 2.57. The van der Waals surface area contributed by atoms with Gasteiger partial charge in [0, 0.05) is 0 Å². The average Bonchev–Trinajstić information content (AvgIpc) is 2.86. The number of carbonyl (C=O) groups excluding carboxylic acids is 1. The van der Waals surface area contributed by atoms with E-state index in [4.69, 9.17) is 21.4 Å². The fourth-order valence-corrected chi connectivity index (χ4v) is 1.88. The Morgan fingerprint density at radius 1 is 1.45 bits per heavy atom. The number of H-pyrrole nitrogens is 1. The zero-order valence-electron chi connectivity index (χ0n) is 10.3. The van der Waals surface area contributed by atoms with E-state index in [9.17, 15) is 9.59 Å². The summed E-state index contributed by atoms with van der Waals surface area (Å²) in [7, 11) is 1.41. The molecule has 2 aromatic rings. The van der Waals surface area contributed by atoms with Crippen LogP contribution in [0.3, 0.4) is 0 Å². The van der Waals surface area contributed by atoms with Gasteiger partial charge in [-0.25, -0.2) is 4.79 Å². The van der Waals surface area contributed by atoms with Gasteiger partial charge in [-0.3, -0.25) is 9.89 Å². The molecule has 1 heterocycles. The molecule has 0 aliphatic rings. The topological polar surface area (TPSA) is 104 Å². The van der Waals surface area contributed by atoms with Crippen LogP contribution in [-0.2, 0) is 0 Å². The van der Waals surface area contributed by atoms with Crippen LogP contribution < -0.4 is 10.1 Å². The number of rotatable bonds is 4. The second-order valence-electron chi connectivity index (χ2n) is 3.74. The number of hydrogen-bond donors (Lipinski definition) is 3. The van der Waals surface area contributed by atoms with Gasteiger partial charge in [0.1, 0.15) is 11.3 Å². The predicted molar refractivity (Wildman–Crippen MR) is 71.5 cm³/mol. The Balaban J connectivity index is 2.33. The summed E-state index contributed by atoms with van der Waals surface area (Å²) >= 11 is 5.96. The third-order valence-corrected chi connectivity index (χ3v) is 2.84. The molecule has 1 aromatic heterocycles. The summed E-state index contributed by atoms with van der Waals surface area (Å²) in [5, 5.41) is 17.4. The van der Waals surface area contributed by atoms with Gasteiger partial charge >= 0.3 is 5.97 Å². The number of aromatic nitrogens is 2. The highest BCUT2D eigenvalue weighted by molar-refractivity contribution is 6.35. The van der Waals surface area contributed by atoms with Gasteiger partial charge in [-0.05, 0) is 12.1 Å². The van der Waals surface area contributed by atoms with Crippen molar-refractivity contribution in [2.45, 2.75) is 0 Å². The molecule has 1 amide bonds. The molecule has 8 heteroatoms. The minimum absolute atomic E-state index is 0.0458. The van der Waals surface area contributed by atoms with Crippen LogP contribution in [0.2, 0.25) is 5.02 Å². The minimum Gasteiger partial charge on any atom is -0.496 e. The zero-order chi connectivity index (χ0) is 14.7. The lowest BCUT2D eigenvalue weighted by molar-refractivity contribution is 0.0691. The van der Waals surface area contributed by atoms with Gasteiger partial charge in [-0.1, -0.05) is 17.7 Å². The van der Waals surface area contributed by atoms with Crippen LogP contribution in [0.5, 0.6) is 5.75 Å². The summed E-state index contributed by atoms with van der Waals surface area (Å²) in [5.41, 5.74) is -0.0527. The second-order valence-corrected chi connectivity index (χ2v) is 4.14. The predicted octanol–water partition coefficient (Wildman–Crippen LogP) is 2.02. The largest absolute Gasteiger partial charge is 0.496 e. The number of ether oxygens (including phenoxy) is 1. The molecule has 0 atom stereocenters. The van der Waals surface area contributed by atoms with Crippen molar-refractivity contribution in [3.05, 3.63) is 40.7 Å². The molecule has 0 radical (unpaired) electrons. The summed E-state index contributed by atoms with van der Waals surface area (Å²) in [6.07, 6.45) is 1.20. The van der Waals surface area contributed by atoms with E-state index >= 15 is 0 Å². The third-order valence-electron chi connectivity index (χ3n) is 2.52. The number of carboxylic acid groups (broad SMARTS) is 1. The average molecular weight is 296 g/mol. The lowest BCUT2D eigenvalue weighted by Gasteiger charge is -2.10. The number of carboxylic acids is 1. The molecule has 0 saturated carbocycles. The molecule has 0 bridgehead atoms. The number of nitrogens with one attached hydrogen (secondary N) is 2. The lowest BCUT2D eigenvalue weighted by atomic mass is 10.2. The smallest absolute Gasteiger partial charge is 0.356 e. The summed E-state index contributed by atoms with van der Waals surface area (Å²) in [6.45, 7) is 0. The molecule has 104 valence electrons. The van der Waals surface area contributed by atoms with Crippen molar-refractivity contribution in [3.8, 4) is 5.75 Å². The Morgan fingerprint density at radius 3 is 2.85 bits per heavy atom. The highest BCUT2D eigenvalue weighted by Crippen LogP contribution is 2.27. The van der Waals surface area contributed by atoms with Crippen LogP contribution in [0.1, 0.15) is 20.8 Å². The molecule has 2 rings (SSSR count). The van der Waals surface area contributed by atoms with E-state index in [1.165, 1.54) is 19.4 Å². The maximum absolute atomic E-state index is 12.2. The lowest BCUT2D eigenvalue weighted by Crippen LogP contribution is -2.15. The van der Waals surface area contributed by atoms with Crippen molar-refractivity contribution in [2.75, 3.05) is 12.4 Å². The number of methoxy groups -OCH3 is 1. The number of aromatic amines is 1. The molecule has 0 spiro atoms. The number of anilines is 1. The van der Waals surface area contributed by atoms with Crippen LogP contribution in [0, 0.1) is 0 Å². The van der Waals surface area contributed by atoms with Gasteiger partial charge in [0.2, 0.25) is 0 Å². The highest BCUT2D eigenvalue weighted by Gasteiger charge is 2.20. The van der Waals surface area contributed by atoms with Crippen LogP contribution in [0.25, 0.3) is 0 Å². The first kappa shape index (κ1) is 13.9. The summed E-state index contributed by atoms with van der Waals surface area (Å²) in [6, 6.07) is 4.75. The van der Waals surface area contributed by atoms with Gasteiger partial charge in [0.15, 0.2) is 5.69 Å². The Bertz CT molecular complexity index is 668. The number of halogens is 1. The number of aromatic carboxylic acids is 1. The van der Waals surface area contributed by atoms with Gasteiger partial charge < -0.3 is 15.2 Å². The van der Waals surface area contributed by atoms with Crippen molar-refractivity contribution in [3.63, 3.8) is 0 Å². The molecular weight excluding hydrogens is 286 g/mol. The van der Waals surface area contributed by atoms with Crippen molar-refractivity contribution in [2.24, 2.45) is 0 Å². The monoisotopic (exact) mass is 295 g/mol. The molecule has 0 saturated heterocycles. The first-order chi connectivity index (χ1) is 9.54. The molecule has 1 aromatic carbocycles. The Kier molecular flexibility index (Phi) is 3.90. The van der Waals surface area contributed by atoms with Gasteiger partial charge in [0.05, 0.1) is 24.0 Å². The van der Waals surface area contributed by atoms with Crippen LogP contribution in [0.15, 0.2) is 24.4 Å². The number of benzene rings is 1. The van der Waals surface area contributed by atoms with Gasteiger partial charge in [-0.15, -0.1) is 0 Å². The Hall–Kier alpha value is -2.54. The quantitative estimate of drug-likeness (QED) is 0.800. The fraction of sp³-hybridized carbons (Fsp3) is 0.0833. The number of nitrogens with zero attached hydrogens (tertiary/aromatic N) is 1. The molecular formula is C12H10ClN3O4. The summed E-state index contributed by atoms with van der Waals surface area (Å²) < 4.78 is 5.06. The second kappa shape index (κ2) is 5.62.